The number of halogens is 3. The van der Waals surface area contributed by atoms with Gasteiger partial charge in [-0.3, -0.25) is 4.79 Å². The monoisotopic (exact) mass is 415 g/mol. The van der Waals surface area contributed by atoms with Crippen LogP contribution in [0.2, 0.25) is 5.02 Å². The van der Waals surface area contributed by atoms with Gasteiger partial charge in [0.2, 0.25) is 0 Å². The van der Waals surface area contributed by atoms with Gasteiger partial charge >= 0.3 is 0 Å². The summed E-state index contributed by atoms with van der Waals surface area (Å²) in [6.07, 6.45) is 1.83. The Labute approximate surface area is 140 Å². The van der Waals surface area contributed by atoms with Crippen molar-refractivity contribution in [1.29, 1.82) is 0 Å². The summed E-state index contributed by atoms with van der Waals surface area (Å²) in [5.41, 5.74) is 0.0447. The normalized spacial score (nSPS) is 18.7. The lowest BCUT2D eigenvalue weighted by molar-refractivity contribution is 0.0857. The molecule has 2 rings (SSSR count). The zero-order valence-corrected chi connectivity index (χ0v) is 14.6. The number of ether oxygens (including phenoxy) is 1. The molecule has 0 radical (unpaired) electrons. The van der Waals surface area contributed by atoms with E-state index in [0.717, 1.165) is 12.8 Å². The standard InChI is InChI=1S/C12H12BrCl2NO4S/c13-7-4-9(11(14)10(5-7)21(15,18)19)12(17)16-6-8-2-1-3-20-8/h4-5,8H,1-3,6H2,(H,16,17). The van der Waals surface area contributed by atoms with Crippen molar-refractivity contribution in [3.63, 3.8) is 0 Å². The van der Waals surface area contributed by atoms with Crippen LogP contribution in [0.1, 0.15) is 23.2 Å². The molecule has 1 saturated heterocycles. The second-order valence-corrected chi connectivity index (χ2v) is 8.38. The van der Waals surface area contributed by atoms with Crippen molar-refractivity contribution in [2.45, 2.75) is 23.8 Å². The molecule has 1 heterocycles. The maximum absolute atomic E-state index is 12.1. The van der Waals surface area contributed by atoms with Crippen LogP contribution in [0.25, 0.3) is 0 Å². The van der Waals surface area contributed by atoms with Crippen molar-refractivity contribution in [3.8, 4) is 0 Å². The summed E-state index contributed by atoms with van der Waals surface area (Å²) in [6, 6.07) is 2.69. The number of nitrogens with one attached hydrogen (secondary N) is 1. The molecule has 1 fully saturated rings. The summed E-state index contributed by atoms with van der Waals surface area (Å²) >= 11 is 9.12. The topological polar surface area (TPSA) is 72.5 Å². The van der Waals surface area contributed by atoms with E-state index < -0.39 is 15.0 Å². The molecule has 0 saturated carbocycles. The fraction of sp³-hybridized carbons (Fsp3) is 0.417. The van der Waals surface area contributed by atoms with Gasteiger partial charge in [0.15, 0.2) is 0 Å². The molecule has 5 nitrogen and oxygen atoms in total. The first-order valence-corrected chi connectivity index (χ1v) is 9.60. The summed E-state index contributed by atoms with van der Waals surface area (Å²) in [5.74, 6) is -0.474. The van der Waals surface area contributed by atoms with Gasteiger partial charge in [-0.2, -0.15) is 0 Å². The third-order valence-electron chi connectivity index (χ3n) is 3.03. The molecule has 0 bridgehead atoms. The Bertz CT molecular complexity index is 659. The number of hydrogen-bond donors (Lipinski definition) is 1. The molecule has 1 unspecified atom stereocenters. The predicted octanol–water partition coefficient (Wildman–Crippen LogP) is 2.94. The number of carbonyl (C=O) groups excluding carboxylic acids is 1. The highest BCUT2D eigenvalue weighted by atomic mass is 79.9. The van der Waals surface area contributed by atoms with Crippen molar-refractivity contribution in [2.75, 3.05) is 13.2 Å². The van der Waals surface area contributed by atoms with E-state index >= 15 is 0 Å². The van der Waals surface area contributed by atoms with Crippen LogP contribution in [-0.4, -0.2) is 33.6 Å². The number of hydrogen-bond acceptors (Lipinski definition) is 4. The number of amides is 1. The minimum Gasteiger partial charge on any atom is -0.376 e. The van der Waals surface area contributed by atoms with Crippen molar-refractivity contribution < 1.29 is 17.9 Å². The summed E-state index contributed by atoms with van der Waals surface area (Å²) in [6.45, 7) is 1.04. The molecule has 1 aromatic carbocycles. The van der Waals surface area contributed by atoms with Crippen molar-refractivity contribution in [1.82, 2.24) is 5.32 Å². The Kier molecular flexibility index (Phi) is 5.54. The molecule has 1 aliphatic rings. The molecule has 1 atom stereocenters. The molecule has 1 aliphatic heterocycles. The number of rotatable bonds is 4. The van der Waals surface area contributed by atoms with Crippen LogP contribution < -0.4 is 5.32 Å². The second kappa shape index (κ2) is 6.83. The summed E-state index contributed by atoms with van der Waals surface area (Å²) in [4.78, 5) is 11.8. The highest BCUT2D eigenvalue weighted by Crippen LogP contribution is 2.31. The molecule has 1 amide bonds. The average molecular weight is 417 g/mol. The van der Waals surface area contributed by atoms with Gasteiger partial charge in [0.25, 0.3) is 15.0 Å². The highest BCUT2D eigenvalue weighted by molar-refractivity contribution is 9.10. The molecule has 0 aromatic heterocycles. The van der Waals surface area contributed by atoms with Gasteiger partial charge in [-0.15, -0.1) is 0 Å². The Morgan fingerprint density at radius 3 is 2.76 bits per heavy atom. The van der Waals surface area contributed by atoms with E-state index in [0.29, 0.717) is 17.6 Å². The van der Waals surface area contributed by atoms with Crippen molar-refractivity contribution in [2.24, 2.45) is 0 Å². The van der Waals surface area contributed by atoms with Crippen LogP contribution in [0.4, 0.5) is 0 Å². The first kappa shape index (κ1) is 17.0. The third kappa shape index (κ3) is 4.32. The van der Waals surface area contributed by atoms with Crippen LogP contribution in [0.3, 0.4) is 0 Å². The highest BCUT2D eigenvalue weighted by Gasteiger charge is 2.23. The van der Waals surface area contributed by atoms with Crippen molar-refractivity contribution in [3.05, 3.63) is 27.2 Å². The molecule has 21 heavy (non-hydrogen) atoms. The van der Waals surface area contributed by atoms with Crippen molar-refractivity contribution >= 4 is 53.2 Å². The smallest absolute Gasteiger partial charge is 0.262 e. The van der Waals surface area contributed by atoms with E-state index in [2.05, 4.69) is 21.2 Å². The number of benzene rings is 1. The van der Waals surface area contributed by atoms with Gasteiger partial charge in [-0.25, -0.2) is 8.42 Å². The summed E-state index contributed by atoms with van der Waals surface area (Å²) in [7, 11) is 1.27. The zero-order chi connectivity index (χ0) is 15.6. The molecule has 0 spiro atoms. The quantitative estimate of drug-likeness (QED) is 0.765. The summed E-state index contributed by atoms with van der Waals surface area (Å²) < 4.78 is 28.7. The lowest BCUT2D eigenvalue weighted by atomic mass is 10.2. The third-order valence-corrected chi connectivity index (χ3v) is 5.35. The number of carbonyl (C=O) groups is 1. The van der Waals surface area contributed by atoms with E-state index in [-0.39, 0.29) is 21.6 Å². The van der Waals surface area contributed by atoms with Crippen LogP contribution in [0, 0.1) is 0 Å². The SMILES string of the molecule is O=C(NCC1CCCO1)c1cc(Br)cc(S(=O)(=O)Cl)c1Cl. The maximum Gasteiger partial charge on any atom is 0.262 e. The van der Waals surface area contributed by atoms with E-state index in [1.807, 2.05) is 0 Å². The molecular weight excluding hydrogens is 405 g/mol. The Morgan fingerprint density at radius 2 is 2.19 bits per heavy atom. The molecule has 116 valence electrons. The van der Waals surface area contributed by atoms with E-state index in [1.54, 1.807) is 0 Å². The van der Waals surface area contributed by atoms with E-state index in [1.165, 1.54) is 12.1 Å². The van der Waals surface area contributed by atoms with Gasteiger partial charge in [0.1, 0.15) is 4.90 Å². The fourth-order valence-electron chi connectivity index (χ4n) is 2.01. The van der Waals surface area contributed by atoms with Gasteiger partial charge < -0.3 is 10.1 Å². The van der Waals surface area contributed by atoms with Gasteiger partial charge in [-0.05, 0) is 25.0 Å². The maximum atomic E-state index is 12.1. The lowest BCUT2D eigenvalue weighted by Crippen LogP contribution is -2.32. The van der Waals surface area contributed by atoms with Gasteiger partial charge in [0.05, 0.1) is 16.7 Å². The first-order valence-electron chi connectivity index (χ1n) is 6.12. The Balaban J connectivity index is 2.22. The van der Waals surface area contributed by atoms with Crippen LogP contribution >= 0.6 is 38.2 Å². The average Bonchev–Trinajstić information content (AvgIpc) is 2.90. The van der Waals surface area contributed by atoms with Crippen LogP contribution in [0.5, 0.6) is 0 Å². The van der Waals surface area contributed by atoms with Gasteiger partial charge in [0, 0.05) is 28.3 Å². The largest absolute Gasteiger partial charge is 0.376 e. The van der Waals surface area contributed by atoms with Crippen LogP contribution in [0.15, 0.2) is 21.5 Å². The molecule has 0 aliphatic carbocycles. The van der Waals surface area contributed by atoms with E-state index in [9.17, 15) is 13.2 Å². The molecular formula is C12H12BrCl2NO4S. The van der Waals surface area contributed by atoms with E-state index in [4.69, 9.17) is 27.0 Å². The minimum atomic E-state index is -4.04. The second-order valence-electron chi connectivity index (χ2n) is 4.55. The lowest BCUT2D eigenvalue weighted by Gasteiger charge is -2.12. The fourth-order valence-corrected chi connectivity index (χ4v) is 4.20. The first-order chi connectivity index (χ1) is 9.79. The Morgan fingerprint density at radius 1 is 1.48 bits per heavy atom. The molecule has 1 aromatic rings. The molecule has 1 N–H and O–H groups in total. The predicted molar refractivity (Wildman–Crippen MR) is 83.5 cm³/mol. The zero-order valence-electron chi connectivity index (χ0n) is 10.7. The Hall–Kier alpha value is -0.340. The van der Waals surface area contributed by atoms with Crippen LogP contribution in [-0.2, 0) is 13.8 Å². The summed E-state index contributed by atoms with van der Waals surface area (Å²) in [5, 5.41) is 2.48. The van der Waals surface area contributed by atoms with Gasteiger partial charge in [-0.1, -0.05) is 27.5 Å². The molecule has 9 heteroatoms. The minimum absolute atomic E-state index is 0.0175.